The summed E-state index contributed by atoms with van der Waals surface area (Å²) in [7, 11) is 0. The molecule has 0 saturated carbocycles. The number of aliphatic carboxylic acids is 1. The Balaban J connectivity index is 2.24. The third kappa shape index (κ3) is 6.24. The van der Waals surface area contributed by atoms with Crippen LogP contribution < -0.4 is 10.6 Å². The van der Waals surface area contributed by atoms with E-state index in [1.165, 1.54) is 0 Å². The van der Waals surface area contributed by atoms with Gasteiger partial charge in [0.25, 0.3) is 0 Å². The molecule has 1 rings (SSSR count). The molecule has 0 spiro atoms. The number of urea groups is 1. The van der Waals surface area contributed by atoms with Crippen LogP contribution in [0.2, 0.25) is 0 Å². The molecule has 2 atom stereocenters. The molecule has 0 aliphatic rings. The number of carboxylic acid groups (broad SMARTS) is 1. The van der Waals surface area contributed by atoms with Gasteiger partial charge >= 0.3 is 12.0 Å². The Hall–Kier alpha value is -1.56. The van der Waals surface area contributed by atoms with Gasteiger partial charge in [-0.2, -0.15) is 0 Å². The summed E-state index contributed by atoms with van der Waals surface area (Å²) in [4.78, 5) is 23.2. The molecule has 0 fully saturated rings. The zero-order chi connectivity index (χ0) is 14.3. The van der Waals surface area contributed by atoms with Crippen molar-refractivity contribution in [1.82, 2.24) is 10.6 Å². The summed E-state index contributed by atoms with van der Waals surface area (Å²) in [5, 5.41) is 16.2. The van der Waals surface area contributed by atoms with Crippen molar-refractivity contribution < 1.29 is 14.7 Å². The van der Waals surface area contributed by atoms with Crippen LogP contribution in [0.3, 0.4) is 0 Å². The lowest BCUT2D eigenvalue weighted by Gasteiger charge is -2.17. The summed E-state index contributed by atoms with van der Waals surface area (Å²) in [6.45, 7) is 3.80. The highest BCUT2D eigenvalue weighted by Gasteiger charge is 2.12. The Morgan fingerprint density at radius 1 is 1.37 bits per heavy atom. The quantitative estimate of drug-likeness (QED) is 0.720. The van der Waals surface area contributed by atoms with E-state index in [1.807, 2.05) is 31.4 Å². The molecule has 1 aromatic heterocycles. The lowest BCUT2D eigenvalue weighted by Crippen LogP contribution is -2.41. The minimum atomic E-state index is -0.803. The second kappa shape index (κ2) is 7.78. The van der Waals surface area contributed by atoms with Crippen LogP contribution in [-0.2, 0) is 4.79 Å². The molecule has 5 nitrogen and oxygen atoms in total. The number of rotatable bonds is 7. The highest BCUT2D eigenvalue weighted by molar-refractivity contribution is 7.10. The van der Waals surface area contributed by atoms with Crippen LogP contribution in [0, 0.1) is 0 Å². The fourth-order valence-electron chi connectivity index (χ4n) is 1.70. The van der Waals surface area contributed by atoms with Gasteiger partial charge in [0.05, 0.1) is 6.04 Å². The van der Waals surface area contributed by atoms with Crippen molar-refractivity contribution in [3.8, 4) is 0 Å². The third-order valence-electron chi connectivity index (χ3n) is 2.72. The first-order chi connectivity index (χ1) is 8.99. The third-order valence-corrected chi connectivity index (χ3v) is 3.78. The van der Waals surface area contributed by atoms with E-state index < -0.39 is 5.97 Å². The number of hydrogen-bond acceptors (Lipinski definition) is 3. The van der Waals surface area contributed by atoms with Crippen molar-refractivity contribution in [2.24, 2.45) is 0 Å². The van der Waals surface area contributed by atoms with Gasteiger partial charge in [-0.05, 0) is 38.1 Å². The average Bonchev–Trinajstić information content (AvgIpc) is 2.81. The zero-order valence-electron chi connectivity index (χ0n) is 11.2. The smallest absolute Gasteiger partial charge is 0.315 e. The Morgan fingerprint density at radius 3 is 2.68 bits per heavy atom. The Bertz CT molecular complexity index is 406. The molecule has 106 valence electrons. The van der Waals surface area contributed by atoms with E-state index in [0.717, 1.165) is 4.88 Å². The van der Waals surface area contributed by atoms with Crippen molar-refractivity contribution in [3.63, 3.8) is 0 Å². The van der Waals surface area contributed by atoms with Crippen molar-refractivity contribution in [3.05, 3.63) is 22.4 Å². The van der Waals surface area contributed by atoms with Gasteiger partial charge < -0.3 is 15.7 Å². The Morgan fingerprint density at radius 2 is 2.11 bits per heavy atom. The molecule has 0 aliphatic carbocycles. The molecule has 2 unspecified atom stereocenters. The lowest BCUT2D eigenvalue weighted by molar-refractivity contribution is -0.137. The second-order valence-electron chi connectivity index (χ2n) is 4.54. The normalized spacial score (nSPS) is 13.6. The van der Waals surface area contributed by atoms with E-state index in [1.54, 1.807) is 11.3 Å². The summed E-state index contributed by atoms with van der Waals surface area (Å²) in [6, 6.07) is 3.65. The topological polar surface area (TPSA) is 78.4 Å². The van der Waals surface area contributed by atoms with Crippen LogP contribution in [0.5, 0.6) is 0 Å². The van der Waals surface area contributed by atoms with Gasteiger partial charge in [0.2, 0.25) is 0 Å². The molecule has 0 saturated heterocycles. The fourth-order valence-corrected chi connectivity index (χ4v) is 2.44. The number of nitrogens with one attached hydrogen (secondary N) is 2. The van der Waals surface area contributed by atoms with Gasteiger partial charge in [-0.1, -0.05) is 6.07 Å². The van der Waals surface area contributed by atoms with Gasteiger partial charge in [-0.25, -0.2) is 4.79 Å². The molecular formula is C13H20N2O3S. The second-order valence-corrected chi connectivity index (χ2v) is 5.52. The number of carboxylic acids is 1. The maximum Gasteiger partial charge on any atom is 0.315 e. The molecule has 1 heterocycles. The SMILES string of the molecule is CC(CCCC(=O)O)NC(=O)NC(C)c1cccs1. The van der Waals surface area contributed by atoms with Gasteiger partial charge in [-0.3, -0.25) is 4.79 Å². The van der Waals surface area contributed by atoms with E-state index in [-0.39, 0.29) is 24.5 Å². The van der Waals surface area contributed by atoms with Crippen LogP contribution in [0.15, 0.2) is 17.5 Å². The molecule has 0 aliphatic heterocycles. The number of carbonyl (C=O) groups excluding carboxylic acids is 1. The molecule has 2 amide bonds. The van der Waals surface area contributed by atoms with Crippen LogP contribution >= 0.6 is 11.3 Å². The minimum absolute atomic E-state index is 0.0220. The highest BCUT2D eigenvalue weighted by Crippen LogP contribution is 2.17. The van der Waals surface area contributed by atoms with Gasteiger partial charge in [-0.15, -0.1) is 11.3 Å². The van der Waals surface area contributed by atoms with Gasteiger partial charge in [0, 0.05) is 17.3 Å². The summed E-state index contributed by atoms with van der Waals surface area (Å²) in [6.07, 6.45) is 1.36. The van der Waals surface area contributed by atoms with E-state index in [4.69, 9.17) is 5.11 Å². The predicted molar refractivity (Wildman–Crippen MR) is 75.4 cm³/mol. The molecular weight excluding hydrogens is 264 g/mol. The standard InChI is InChI=1S/C13H20N2O3S/c1-9(5-3-7-12(16)17)14-13(18)15-10(2)11-6-4-8-19-11/h4,6,8-10H,3,5,7H2,1-2H3,(H,16,17)(H2,14,15,18). The summed E-state index contributed by atoms with van der Waals surface area (Å²) < 4.78 is 0. The van der Waals surface area contributed by atoms with Crippen molar-refractivity contribution in [1.29, 1.82) is 0 Å². The Labute approximate surface area is 117 Å². The first kappa shape index (κ1) is 15.5. The predicted octanol–water partition coefficient (Wildman–Crippen LogP) is 2.75. The number of carbonyl (C=O) groups is 2. The first-order valence-electron chi connectivity index (χ1n) is 6.31. The number of amides is 2. The average molecular weight is 284 g/mol. The number of hydrogen-bond donors (Lipinski definition) is 3. The molecule has 19 heavy (non-hydrogen) atoms. The first-order valence-corrected chi connectivity index (χ1v) is 7.19. The maximum atomic E-state index is 11.7. The molecule has 6 heteroatoms. The Kier molecular flexibility index (Phi) is 6.35. The minimum Gasteiger partial charge on any atom is -0.481 e. The molecule has 1 aromatic rings. The van der Waals surface area contributed by atoms with E-state index >= 15 is 0 Å². The van der Waals surface area contributed by atoms with E-state index in [0.29, 0.717) is 12.8 Å². The molecule has 0 radical (unpaired) electrons. The summed E-state index contributed by atoms with van der Waals surface area (Å²) in [5.41, 5.74) is 0. The van der Waals surface area contributed by atoms with Crippen LogP contribution in [0.25, 0.3) is 0 Å². The summed E-state index contributed by atoms with van der Waals surface area (Å²) >= 11 is 1.60. The molecule has 0 bridgehead atoms. The molecule has 3 N–H and O–H groups in total. The molecule has 0 aromatic carbocycles. The van der Waals surface area contributed by atoms with E-state index in [2.05, 4.69) is 10.6 Å². The van der Waals surface area contributed by atoms with Gasteiger partial charge in [0.15, 0.2) is 0 Å². The fraction of sp³-hybridized carbons (Fsp3) is 0.538. The van der Waals surface area contributed by atoms with E-state index in [9.17, 15) is 9.59 Å². The van der Waals surface area contributed by atoms with Crippen molar-refractivity contribution in [2.75, 3.05) is 0 Å². The van der Waals surface area contributed by atoms with Crippen LogP contribution in [0.4, 0.5) is 4.79 Å². The monoisotopic (exact) mass is 284 g/mol. The van der Waals surface area contributed by atoms with Crippen LogP contribution in [0.1, 0.15) is 44.0 Å². The summed E-state index contributed by atoms with van der Waals surface area (Å²) in [5.74, 6) is -0.803. The largest absolute Gasteiger partial charge is 0.481 e. The van der Waals surface area contributed by atoms with Crippen LogP contribution in [-0.4, -0.2) is 23.1 Å². The maximum absolute atomic E-state index is 11.7. The number of thiophene rings is 1. The lowest BCUT2D eigenvalue weighted by atomic mass is 10.1. The van der Waals surface area contributed by atoms with Crippen molar-refractivity contribution in [2.45, 2.75) is 45.2 Å². The van der Waals surface area contributed by atoms with Gasteiger partial charge in [0.1, 0.15) is 0 Å². The highest BCUT2D eigenvalue weighted by atomic mass is 32.1. The van der Waals surface area contributed by atoms with Crippen molar-refractivity contribution >= 4 is 23.3 Å². The zero-order valence-corrected chi connectivity index (χ0v) is 12.0.